The highest BCUT2D eigenvalue weighted by Crippen LogP contribution is 2.40. The Bertz CT molecular complexity index is 447. The van der Waals surface area contributed by atoms with Crippen LogP contribution in [0.2, 0.25) is 5.02 Å². The predicted octanol–water partition coefficient (Wildman–Crippen LogP) is 5.39. The van der Waals surface area contributed by atoms with Crippen molar-refractivity contribution in [1.29, 1.82) is 0 Å². The van der Waals surface area contributed by atoms with Crippen molar-refractivity contribution in [2.75, 3.05) is 13.1 Å². The molecule has 0 radical (unpaired) electrons. The molecule has 1 N–H and O–H groups in total. The molecule has 1 aliphatic carbocycles. The Kier molecular flexibility index (Phi) is 6.13. The topological polar surface area (TPSA) is 12.0 Å². The van der Waals surface area contributed by atoms with E-state index >= 15 is 0 Å². The molecule has 0 amide bonds. The molecule has 118 valence electrons. The summed E-state index contributed by atoms with van der Waals surface area (Å²) in [7, 11) is 0. The summed E-state index contributed by atoms with van der Waals surface area (Å²) in [4.78, 5) is 0. The second-order valence-electron chi connectivity index (χ2n) is 7.36. The molecule has 0 aromatic heterocycles. The van der Waals surface area contributed by atoms with E-state index in [1.54, 1.807) is 0 Å². The summed E-state index contributed by atoms with van der Waals surface area (Å²) in [5.74, 6) is 0.716. The van der Waals surface area contributed by atoms with Gasteiger partial charge in [-0.1, -0.05) is 56.8 Å². The van der Waals surface area contributed by atoms with Gasteiger partial charge in [-0.15, -0.1) is 0 Å². The monoisotopic (exact) mass is 307 g/mol. The van der Waals surface area contributed by atoms with Gasteiger partial charge in [-0.2, -0.15) is 0 Å². The molecule has 21 heavy (non-hydrogen) atoms. The van der Waals surface area contributed by atoms with Crippen molar-refractivity contribution in [3.8, 4) is 0 Å². The van der Waals surface area contributed by atoms with Crippen molar-refractivity contribution < 1.29 is 0 Å². The van der Waals surface area contributed by atoms with Crippen LogP contribution in [0.5, 0.6) is 0 Å². The summed E-state index contributed by atoms with van der Waals surface area (Å²) in [5, 5.41) is 4.65. The maximum absolute atomic E-state index is 6.47. The van der Waals surface area contributed by atoms with Gasteiger partial charge in [0.25, 0.3) is 0 Å². The lowest BCUT2D eigenvalue weighted by atomic mass is 9.70. The van der Waals surface area contributed by atoms with Crippen LogP contribution in [0.4, 0.5) is 0 Å². The Labute approximate surface area is 135 Å². The zero-order valence-electron chi connectivity index (χ0n) is 13.8. The molecule has 1 saturated carbocycles. The molecule has 2 heteroatoms. The molecule has 1 aromatic carbocycles. The van der Waals surface area contributed by atoms with Crippen LogP contribution in [0.1, 0.15) is 57.1 Å². The first-order valence-electron chi connectivity index (χ1n) is 8.46. The maximum Gasteiger partial charge on any atom is 0.0440 e. The minimum atomic E-state index is 0.409. The summed E-state index contributed by atoms with van der Waals surface area (Å²) in [5.41, 5.74) is 2.99. The van der Waals surface area contributed by atoms with Crippen LogP contribution < -0.4 is 5.32 Å². The third-order valence-corrected chi connectivity index (χ3v) is 5.09. The van der Waals surface area contributed by atoms with E-state index < -0.39 is 0 Å². The van der Waals surface area contributed by atoms with E-state index in [-0.39, 0.29) is 0 Å². The van der Waals surface area contributed by atoms with E-state index in [2.05, 4.69) is 44.3 Å². The van der Waals surface area contributed by atoms with E-state index in [1.165, 1.54) is 43.2 Å². The molecule has 0 aliphatic heterocycles. The highest BCUT2D eigenvalue weighted by atomic mass is 35.5. The maximum atomic E-state index is 6.47. The second kappa shape index (κ2) is 7.65. The lowest BCUT2D eigenvalue weighted by Crippen LogP contribution is -2.39. The van der Waals surface area contributed by atoms with Gasteiger partial charge < -0.3 is 5.32 Å². The first-order valence-corrected chi connectivity index (χ1v) is 8.84. The van der Waals surface area contributed by atoms with Crippen molar-refractivity contribution in [2.45, 2.75) is 59.3 Å². The van der Waals surface area contributed by atoms with Gasteiger partial charge in [0, 0.05) is 11.6 Å². The lowest BCUT2D eigenvalue weighted by Gasteiger charge is -2.38. The van der Waals surface area contributed by atoms with Crippen LogP contribution in [-0.4, -0.2) is 13.1 Å². The molecule has 0 heterocycles. The minimum absolute atomic E-state index is 0.409. The highest BCUT2D eigenvalue weighted by molar-refractivity contribution is 6.31. The second-order valence-corrected chi connectivity index (χ2v) is 7.76. The molecule has 0 atom stereocenters. The Morgan fingerprint density at radius 2 is 1.90 bits per heavy atom. The quantitative estimate of drug-likeness (QED) is 0.743. The van der Waals surface area contributed by atoms with E-state index in [0.717, 1.165) is 24.5 Å². The zero-order chi connectivity index (χ0) is 15.3. The van der Waals surface area contributed by atoms with Gasteiger partial charge in [0.1, 0.15) is 0 Å². The molecule has 0 bridgehead atoms. The normalized spacial score (nSPS) is 18.1. The molecule has 1 nitrogen and oxygen atoms in total. The number of aryl methyl sites for hydroxylation is 1. The Morgan fingerprint density at radius 3 is 2.52 bits per heavy atom. The first kappa shape index (κ1) is 16.8. The average molecular weight is 308 g/mol. The van der Waals surface area contributed by atoms with E-state index in [9.17, 15) is 0 Å². The van der Waals surface area contributed by atoms with E-state index in [1.807, 2.05) is 0 Å². The number of benzene rings is 1. The molecule has 1 fully saturated rings. The standard InChI is InChI=1S/C19H30ClN/c1-15(2)13-21-14-19(9-5-4-6-10-19)12-17-8-7-16(3)11-18(17)20/h7-8,11,15,21H,4-6,9-10,12-14H2,1-3H3. The summed E-state index contributed by atoms with van der Waals surface area (Å²) < 4.78 is 0. The van der Waals surface area contributed by atoms with Crippen LogP contribution in [0.3, 0.4) is 0 Å². The van der Waals surface area contributed by atoms with Gasteiger partial charge in [0.05, 0.1) is 0 Å². The van der Waals surface area contributed by atoms with Gasteiger partial charge in [-0.3, -0.25) is 0 Å². The van der Waals surface area contributed by atoms with Crippen LogP contribution in [0, 0.1) is 18.3 Å². The van der Waals surface area contributed by atoms with Gasteiger partial charge >= 0.3 is 0 Å². The first-order chi connectivity index (χ1) is 10.0. The van der Waals surface area contributed by atoms with Crippen molar-refractivity contribution in [3.05, 3.63) is 34.3 Å². The van der Waals surface area contributed by atoms with Gasteiger partial charge in [-0.25, -0.2) is 0 Å². The average Bonchev–Trinajstić information content (AvgIpc) is 2.43. The number of nitrogens with one attached hydrogen (secondary N) is 1. The molecule has 0 unspecified atom stereocenters. The van der Waals surface area contributed by atoms with E-state index in [0.29, 0.717) is 11.3 Å². The van der Waals surface area contributed by atoms with Gasteiger partial charge in [0.2, 0.25) is 0 Å². The summed E-state index contributed by atoms with van der Waals surface area (Å²) in [6.45, 7) is 8.91. The van der Waals surface area contributed by atoms with Crippen molar-refractivity contribution in [3.63, 3.8) is 0 Å². The summed E-state index contributed by atoms with van der Waals surface area (Å²) in [6, 6.07) is 6.53. The number of hydrogen-bond donors (Lipinski definition) is 1. The fourth-order valence-corrected chi connectivity index (χ4v) is 3.85. The molecule has 0 spiro atoms. The zero-order valence-corrected chi connectivity index (χ0v) is 14.6. The largest absolute Gasteiger partial charge is 0.316 e. The molecule has 1 aromatic rings. The number of halogens is 1. The summed E-state index contributed by atoms with van der Waals surface area (Å²) >= 11 is 6.47. The molecular formula is C19H30ClN. The molecule has 2 rings (SSSR count). The van der Waals surface area contributed by atoms with Crippen molar-refractivity contribution in [2.24, 2.45) is 11.3 Å². The molecular weight excluding hydrogens is 278 g/mol. The third kappa shape index (κ3) is 5.00. The Balaban J connectivity index is 2.08. The smallest absolute Gasteiger partial charge is 0.0440 e. The van der Waals surface area contributed by atoms with Gasteiger partial charge in [-0.05, 0) is 61.3 Å². The van der Waals surface area contributed by atoms with Crippen molar-refractivity contribution in [1.82, 2.24) is 5.32 Å². The van der Waals surface area contributed by atoms with E-state index in [4.69, 9.17) is 11.6 Å². The SMILES string of the molecule is Cc1ccc(CC2(CNCC(C)C)CCCCC2)c(Cl)c1. The fourth-order valence-electron chi connectivity index (χ4n) is 3.54. The van der Waals surface area contributed by atoms with Crippen molar-refractivity contribution >= 4 is 11.6 Å². The lowest BCUT2D eigenvalue weighted by molar-refractivity contribution is 0.179. The molecule has 1 aliphatic rings. The number of hydrogen-bond acceptors (Lipinski definition) is 1. The van der Waals surface area contributed by atoms with Crippen LogP contribution in [-0.2, 0) is 6.42 Å². The fraction of sp³-hybridized carbons (Fsp3) is 0.684. The highest BCUT2D eigenvalue weighted by Gasteiger charge is 2.32. The van der Waals surface area contributed by atoms with Crippen LogP contribution in [0.25, 0.3) is 0 Å². The molecule has 0 saturated heterocycles. The van der Waals surface area contributed by atoms with Gasteiger partial charge in [0.15, 0.2) is 0 Å². The predicted molar refractivity (Wildman–Crippen MR) is 93.1 cm³/mol. The minimum Gasteiger partial charge on any atom is -0.316 e. The third-order valence-electron chi connectivity index (χ3n) is 4.74. The Morgan fingerprint density at radius 1 is 1.19 bits per heavy atom. The van der Waals surface area contributed by atoms with Crippen LogP contribution in [0.15, 0.2) is 18.2 Å². The summed E-state index contributed by atoms with van der Waals surface area (Å²) in [6.07, 6.45) is 7.93. The number of rotatable bonds is 6. The van der Waals surface area contributed by atoms with Crippen LogP contribution >= 0.6 is 11.6 Å². The Hall–Kier alpha value is -0.530.